The van der Waals surface area contributed by atoms with Gasteiger partial charge in [0.05, 0.1) is 12.2 Å². The molecular formula is C19H22FNO2S. The van der Waals surface area contributed by atoms with Crippen LogP contribution in [0, 0.1) is 11.2 Å². The summed E-state index contributed by atoms with van der Waals surface area (Å²) in [5, 5.41) is 12.5. The van der Waals surface area contributed by atoms with Crippen molar-refractivity contribution in [2.75, 3.05) is 19.4 Å². The lowest BCUT2D eigenvalue weighted by Gasteiger charge is -2.28. The Morgan fingerprint density at radius 3 is 2.54 bits per heavy atom. The second kappa shape index (κ2) is 8.31. The zero-order valence-corrected chi connectivity index (χ0v) is 14.7. The fraction of sp³-hybridized carbons (Fsp3) is 0.316. The van der Waals surface area contributed by atoms with E-state index in [0.717, 1.165) is 5.56 Å². The summed E-state index contributed by atoms with van der Waals surface area (Å²) < 4.78 is 14.0. The minimum atomic E-state index is -0.534. The van der Waals surface area contributed by atoms with Crippen LogP contribution in [0.3, 0.4) is 0 Å². The number of benzene rings is 2. The van der Waals surface area contributed by atoms with Crippen LogP contribution >= 0.6 is 11.8 Å². The first-order valence-corrected chi connectivity index (χ1v) is 8.97. The van der Waals surface area contributed by atoms with E-state index in [1.807, 2.05) is 37.3 Å². The molecule has 0 unspecified atom stereocenters. The van der Waals surface area contributed by atoms with Gasteiger partial charge >= 0.3 is 0 Å². The summed E-state index contributed by atoms with van der Waals surface area (Å²) in [6.07, 6.45) is 2.43. The number of hydrogen-bond donors (Lipinski definition) is 2. The molecule has 24 heavy (non-hydrogen) atoms. The topological polar surface area (TPSA) is 49.3 Å². The van der Waals surface area contributed by atoms with E-state index < -0.39 is 17.1 Å². The third-order valence-electron chi connectivity index (χ3n) is 3.95. The molecule has 0 aromatic heterocycles. The Labute approximate surface area is 146 Å². The summed E-state index contributed by atoms with van der Waals surface area (Å²) in [5.41, 5.74) is 0.630. The number of carbonyl (C=O) groups is 1. The van der Waals surface area contributed by atoms with Crippen LogP contribution in [0.2, 0.25) is 0 Å². The van der Waals surface area contributed by atoms with Crippen molar-refractivity contribution in [3.8, 4) is 0 Å². The van der Waals surface area contributed by atoms with Gasteiger partial charge in [0.2, 0.25) is 0 Å². The van der Waals surface area contributed by atoms with Crippen molar-refractivity contribution < 1.29 is 14.3 Å². The minimum Gasteiger partial charge on any atom is -0.396 e. The highest BCUT2D eigenvalue weighted by Gasteiger charge is 2.26. The highest BCUT2D eigenvalue weighted by Crippen LogP contribution is 2.24. The van der Waals surface area contributed by atoms with Crippen molar-refractivity contribution in [3.63, 3.8) is 0 Å². The summed E-state index contributed by atoms with van der Waals surface area (Å²) in [6.45, 7) is 2.09. The molecule has 3 nitrogen and oxygen atoms in total. The van der Waals surface area contributed by atoms with Gasteiger partial charge in [-0.3, -0.25) is 4.79 Å². The molecule has 1 atom stereocenters. The van der Waals surface area contributed by atoms with Gasteiger partial charge in [-0.15, -0.1) is 11.8 Å². The van der Waals surface area contributed by atoms with Gasteiger partial charge in [0, 0.05) is 16.9 Å². The largest absolute Gasteiger partial charge is 0.396 e. The van der Waals surface area contributed by atoms with Crippen molar-refractivity contribution in [2.24, 2.45) is 5.41 Å². The van der Waals surface area contributed by atoms with Gasteiger partial charge < -0.3 is 10.4 Å². The molecule has 0 aliphatic carbocycles. The molecule has 0 aliphatic heterocycles. The van der Waals surface area contributed by atoms with Crippen molar-refractivity contribution in [2.45, 2.75) is 18.2 Å². The van der Waals surface area contributed by atoms with Crippen LogP contribution in [0.15, 0.2) is 53.4 Å². The number of rotatable bonds is 7. The van der Waals surface area contributed by atoms with E-state index in [2.05, 4.69) is 5.32 Å². The van der Waals surface area contributed by atoms with Crippen molar-refractivity contribution in [1.82, 2.24) is 5.32 Å². The quantitative estimate of drug-likeness (QED) is 0.754. The van der Waals surface area contributed by atoms with Gasteiger partial charge in [-0.25, -0.2) is 4.39 Å². The first-order valence-electron chi connectivity index (χ1n) is 7.74. The van der Waals surface area contributed by atoms with Gasteiger partial charge in [-0.2, -0.15) is 0 Å². The predicted octanol–water partition coefficient (Wildman–Crippen LogP) is 3.52. The van der Waals surface area contributed by atoms with Crippen molar-refractivity contribution in [1.29, 1.82) is 0 Å². The van der Waals surface area contributed by atoms with Crippen LogP contribution in [0.5, 0.6) is 0 Å². The maximum Gasteiger partial charge on any atom is 0.255 e. The van der Waals surface area contributed by atoms with Crippen LogP contribution in [0.1, 0.15) is 22.8 Å². The van der Waals surface area contributed by atoms with Crippen LogP contribution in [0.4, 0.5) is 4.39 Å². The number of aliphatic hydroxyl groups excluding tert-OH is 1. The average Bonchev–Trinajstić information content (AvgIpc) is 2.60. The molecule has 0 spiro atoms. The summed E-state index contributed by atoms with van der Waals surface area (Å²) in [6, 6.07) is 14.4. The molecule has 128 valence electrons. The van der Waals surface area contributed by atoms with E-state index in [1.54, 1.807) is 18.4 Å². The van der Waals surface area contributed by atoms with Crippen molar-refractivity contribution >= 4 is 17.7 Å². The number of halogens is 1. The first-order chi connectivity index (χ1) is 11.5. The number of aliphatic hydroxyl groups is 1. The summed E-state index contributed by atoms with van der Waals surface area (Å²) in [7, 11) is 0. The fourth-order valence-corrected chi connectivity index (χ4v) is 3.15. The van der Waals surface area contributed by atoms with Gasteiger partial charge in [0.25, 0.3) is 5.91 Å². The highest BCUT2D eigenvalue weighted by molar-refractivity contribution is 7.98. The van der Waals surface area contributed by atoms with Crippen LogP contribution in [-0.2, 0) is 6.42 Å². The molecule has 2 aromatic rings. The molecule has 1 amide bonds. The summed E-state index contributed by atoms with van der Waals surface area (Å²) in [5.74, 6) is -0.988. The third-order valence-corrected chi connectivity index (χ3v) is 4.73. The summed E-state index contributed by atoms with van der Waals surface area (Å²) >= 11 is 1.33. The van der Waals surface area contributed by atoms with Crippen LogP contribution in [-0.4, -0.2) is 30.4 Å². The number of hydrogen-bond acceptors (Lipinski definition) is 3. The first kappa shape index (κ1) is 18.5. The second-order valence-electron chi connectivity index (χ2n) is 6.13. The Balaban J connectivity index is 2.09. The molecule has 0 fully saturated rings. The lowest BCUT2D eigenvalue weighted by atomic mass is 9.84. The Kier molecular flexibility index (Phi) is 6.40. The maximum absolute atomic E-state index is 14.0. The highest BCUT2D eigenvalue weighted by atomic mass is 32.2. The number of thioether (sulfide) groups is 1. The maximum atomic E-state index is 14.0. The normalized spacial score (nSPS) is 13.3. The van der Waals surface area contributed by atoms with E-state index in [0.29, 0.717) is 11.3 Å². The van der Waals surface area contributed by atoms with E-state index >= 15 is 0 Å². The molecule has 0 saturated heterocycles. The van der Waals surface area contributed by atoms with Crippen molar-refractivity contribution in [3.05, 3.63) is 65.5 Å². The van der Waals surface area contributed by atoms with Gasteiger partial charge in [0.15, 0.2) is 0 Å². The minimum absolute atomic E-state index is 0.0602. The van der Waals surface area contributed by atoms with Crippen LogP contribution < -0.4 is 5.32 Å². The molecule has 0 aliphatic rings. The molecular weight excluding hydrogens is 325 g/mol. The van der Waals surface area contributed by atoms with Gasteiger partial charge in [0.1, 0.15) is 5.82 Å². The number of carbonyl (C=O) groups excluding carboxylic acids is 1. The number of amides is 1. The van der Waals surface area contributed by atoms with E-state index in [-0.39, 0.29) is 18.7 Å². The fourth-order valence-electron chi connectivity index (χ4n) is 2.54. The zero-order chi connectivity index (χ0) is 17.6. The monoisotopic (exact) mass is 347 g/mol. The molecule has 0 saturated carbocycles. The Morgan fingerprint density at radius 1 is 1.21 bits per heavy atom. The molecule has 2 N–H and O–H groups in total. The Morgan fingerprint density at radius 2 is 1.92 bits per heavy atom. The van der Waals surface area contributed by atoms with E-state index in [9.17, 15) is 14.3 Å². The predicted molar refractivity (Wildman–Crippen MR) is 95.9 cm³/mol. The summed E-state index contributed by atoms with van der Waals surface area (Å²) in [4.78, 5) is 13.0. The lowest BCUT2D eigenvalue weighted by molar-refractivity contribution is 0.0888. The Bertz CT molecular complexity index is 693. The van der Waals surface area contributed by atoms with E-state index in [1.165, 1.54) is 17.8 Å². The molecule has 0 heterocycles. The number of nitrogens with one attached hydrogen (secondary N) is 1. The van der Waals surface area contributed by atoms with Gasteiger partial charge in [-0.1, -0.05) is 43.3 Å². The average molecular weight is 347 g/mol. The standard InChI is InChI=1S/C19H22FNO2S/c1-19(13-22,11-14-7-4-3-5-8-14)12-21-18(23)17-15(20)9-6-10-16(17)24-2/h3-10,22H,11-13H2,1-2H3,(H,21,23)/t19-/m1/s1. The molecule has 5 heteroatoms. The molecule has 2 aromatic carbocycles. The molecule has 2 rings (SSSR count). The second-order valence-corrected chi connectivity index (χ2v) is 6.98. The van der Waals surface area contributed by atoms with Gasteiger partial charge in [-0.05, 0) is 30.4 Å². The SMILES string of the molecule is CSc1cccc(F)c1C(=O)NC[C@](C)(CO)Cc1ccccc1. The van der Waals surface area contributed by atoms with Crippen LogP contribution in [0.25, 0.3) is 0 Å². The molecule has 0 radical (unpaired) electrons. The van der Waals surface area contributed by atoms with E-state index in [4.69, 9.17) is 0 Å². The Hall–Kier alpha value is -1.85. The third kappa shape index (κ3) is 4.58. The lowest BCUT2D eigenvalue weighted by Crippen LogP contribution is -2.40. The molecule has 0 bridgehead atoms. The zero-order valence-electron chi connectivity index (χ0n) is 13.9. The smallest absolute Gasteiger partial charge is 0.255 e.